The van der Waals surface area contributed by atoms with Gasteiger partial charge in [0.25, 0.3) is 5.56 Å². The molecule has 0 radical (unpaired) electrons. The molecule has 2 aliphatic rings. The Morgan fingerprint density at radius 2 is 2.05 bits per heavy atom. The number of amides is 1. The second kappa shape index (κ2) is 10.4. The number of carbonyl (C=O) groups is 3. The van der Waals surface area contributed by atoms with E-state index >= 15 is 0 Å². The van der Waals surface area contributed by atoms with Crippen molar-refractivity contribution >= 4 is 52.5 Å². The minimum Gasteiger partial charge on any atom is -0.456 e. The summed E-state index contributed by atoms with van der Waals surface area (Å²) in [4.78, 5) is 56.4. The van der Waals surface area contributed by atoms with E-state index in [9.17, 15) is 29.4 Å². The summed E-state index contributed by atoms with van der Waals surface area (Å²) in [5.74, 6) is -1.34. The van der Waals surface area contributed by atoms with Crippen LogP contribution in [0.25, 0.3) is 10.8 Å². The number of anilines is 2. The van der Waals surface area contributed by atoms with Gasteiger partial charge in [-0.3, -0.25) is 19.7 Å². The number of hydrogen-bond acceptors (Lipinski definition) is 13. The van der Waals surface area contributed by atoms with Crippen LogP contribution in [-0.4, -0.2) is 75.3 Å². The van der Waals surface area contributed by atoms with Crippen molar-refractivity contribution in [2.45, 2.75) is 51.7 Å². The van der Waals surface area contributed by atoms with Gasteiger partial charge in [0, 0.05) is 24.6 Å². The molecule has 2 aromatic heterocycles. The Morgan fingerprint density at radius 1 is 1.32 bits per heavy atom. The van der Waals surface area contributed by atoms with E-state index in [1.807, 2.05) is 0 Å². The number of aliphatic imine (C=N–C) groups is 1. The van der Waals surface area contributed by atoms with Gasteiger partial charge in [-0.05, 0) is 6.92 Å². The van der Waals surface area contributed by atoms with Crippen molar-refractivity contribution in [1.29, 1.82) is 0 Å². The van der Waals surface area contributed by atoms with Crippen molar-refractivity contribution in [1.82, 2.24) is 9.55 Å². The van der Waals surface area contributed by atoms with Crippen molar-refractivity contribution in [3.63, 3.8) is 0 Å². The van der Waals surface area contributed by atoms with E-state index in [0.717, 1.165) is 6.07 Å². The Balaban J connectivity index is 1.74. The summed E-state index contributed by atoms with van der Waals surface area (Å²) in [6.45, 7) is 4.60. The van der Waals surface area contributed by atoms with Crippen LogP contribution < -0.4 is 16.2 Å². The molecule has 15 heteroatoms. The van der Waals surface area contributed by atoms with Crippen LogP contribution in [0.15, 0.2) is 22.1 Å². The largest absolute Gasteiger partial charge is 0.456 e. The molecule has 2 aliphatic heterocycles. The average molecular weight is 533 g/mol. The number of ether oxygens (including phenoxy) is 4. The number of carbonyl (C=O) groups excluding carboxylic acids is 3. The summed E-state index contributed by atoms with van der Waals surface area (Å²) in [5, 5.41) is 26.9. The maximum Gasteiger partial charge on any atom is 0.414 e. The lowest BCUT2D eigenvalue weighted by Crippen LogP contribution is -2.46. The van der Waals surface area contributed by atoms with E-state index in [0.29, 0.717) is 5.39 Å². The lowest BCUT2D eigenvalue weighted by molar-refractivity contribution is -0.161. The van der Waals surface area contributed by atoms with Crippen LogP contribution in [0, 0.1) is 5.92 Å². The molecule has 15 nitrogen and oxygen atoms in total. The minimum absolute atomic E-state index is 0.0179. The summed E-state index contributed by atoms with van der Waals surface area (Å²) in [5.41, 5.74) is -2.54. The number of rotatable bonds is 7. The Morgan fingerprint density at radius 3 is 2.71 bits per heavy atom. The first kappa shape index (κ1) is 27.0. The van der Waals surface area contributed by atoms with Crippen LogP contribution in [0.4, 0.5) is 22.1 Å². The monoisotopic (exact) mass is 533 g/mol. The molecule has 4 N–H and O–H groups in total. The summed E-state index contributed by atoms with van der Waals surface area (Å²) in [6.07, 6.45) is -1.75. The highest BCUT2D eigenvalue weighted by atomic mass is 16.7. The highest BCUT2D eigenvalue weighted by molar-refractivity contribution is 6.12. The van der Waals surface area contributed by atoms with E-state index in [2.05, 4.69) is 20.6 Å². The molecule has 38 heavy (non-hydrogen) atoms. The molecule has 1 saturated heterocycles. The maximum absolute atomic E-state index is 12.4. The van der Waals surface area contributed by atoms with Gasteiger partial charge in [-0.15, -0.1) is 0 Å². The van der Waals surface area contributed by atoms with Gasteiger partial charge in [0.1, 0.15) is 23.3 Å². The summed E-state index contributed by atoms with van der Waals surface area (Å²) >= 11 is 0. The number of aliphatic hydroxyl groups excluding tert-OH is 1. The molecule has 4 heterocycles. The van der Waals surface area contributed by atoms with E-state index in [4.69, 9.17) is 18.9 Å². The predicted octanol–water partition coefficient (Wildman–Crippen LogP) is 0.759. The number of aromatic nitrogens is 2. The Hall–Kier alpha value is -4.08. The zero-order valence-corrected chi connectivity index (χ0v) is 21.0. The van der Waals surface area contributed by atoms with Gasteiger partial charge in [-0.25, -0.2) is 9.79 Å². The van der Waals surface area contributed by atoms with Crippen molar-refractivity contribution in [3.8, 4) is 0 Å². The van der Waals surface area contributed by atoms with Crippen molar-refractivity contribution < 1.29 is 43.5 Å². The highest BCUT2D eigenvalue weighted by Crippen LogP contribution is 2.46. The first-order valence-electron chi connectivity index (χ1n) is 11.6. The first-order chi connectivity index (χ1) is 17.9. The second-order valence-electron chi connectivity index (χ2n) is 9.17. The van der Waals surface area contributed by atoms with Gasteiger partial charge < -0.3 is 39.0 Å². The molecule has 0 bridgehead atoms. The van der Waals surface area contributed by atoms with Crippen molar-refractivity contribution in [2.24, 2.45) is 10.9 Å². The maximum atomic E-state index is 12.4. The van der Waals surface area contributed by atoms with Crippen LogP contribution in [0.1, 0.15) is 33.9 Å². The third-order valence-corrected chi connectivity index (χ3v) is 5.95. The lowest BCUT2D eigenvalue weighted by Gasteiger charge is -2.30. The molecule has 0 saturated carbocycles. The molecular formula is C23H27N5O10. The van der Waals surface area contributed by atoms with E-state index < -0.39 is 66.9 Å². The molecular weight excluding hydrogens is 506 g/mol. The van der Waals surface area contributed by atoms with Gasteiger partial charge in [-0.2, -0.15) is 4.98 Å². The molecule has 1 fully saturated rings. The number of hydrogen-bond donors (Lipinski definition) is 4. The molecule has 4 atom stereocenters. The van der Waals surface area contributed by atoms with Gasteiger partial charge in [-0.1, -0.05) is 13.8 Å². The van der Waals surface area contributed by atoms with Crippen molar-refractivity contribution in [3.05, 3.63) is 22.6 Å². The van der Waals surface area contributed by atoms with Gasteiger partial charge >= 0.3 is 18.0 Å². The van der Waals surface area contributed by atoms with Crippen LogP contribution >= 0.6 is 0 Å². The molecule has 0 spiro atoms. The van der Waals surface area contributed by atoms with Gasteiger partial charge in [0.2, 0.25) is 6.79 Å². The second-order valence-corrected chi connectivity index (χ2v) is 9.17. The number of aliphatic hydroxyl groups is 2. The van der Waals surface area contributed by atoms with E-state index in [1.165, 1.54) is 30.9 Å². The topological polar surface area (TPSA) is 200 Å². The molecule has 2 aromatic rings. The normalized spacial score (nSPS) is 23.7. The quantitative estimate of drug-likeness (QED) is 0.288. The Kier molecular flexibility index (Phi) is 7.35. The predicted molar refractivity (Wildman–Crippen MR) is 131 cm³/mol. The summed E-state index contributed by atoms with van der Waals surface area (Å²) < 4.78 is 22.3. The number of nitrogens with zero attached hydrogens (tertiary/aromatic N) is 3. The fourth-order valence-corrected chi connectivity index (χ4v) is 4.23. The van der Waals surface area contributed by atoms with Gasteiger partial charge in [0.05, 0.1) is 29.9 Å². The zero-order chi connectivity index (χ0) is 27.8. The molecule has 204 valence electrons. The zero-order valence-electron chi connectivity index (χ0n) is 21.0. The summed E-state index contributed by atoms with van der Waals surface area (Å²) in [6, 6.07) is 1.06. The van der Waals surface area contributed by atoms with Gasteiger partial charge in [0.15, 0.2) is 12.3 Å². The Bertz CT molecular complexity index is 1370. The lowest BCUT2D eigenvalue weighted by atomic mass is 9.96. The van der Waals surface area contributed by atoms with Crippen LogP contribution in [-0.2, 0) is 28.5 Å². The fourth-order valence-electron chi connectivity index (χ4n) is 4.23. The number of nitrogens with one attached hydrogen (secondary N) is 2. The molecule has 1 amide bonds. The number of esters is 2. The van der Waals surface area contributed by atoms with E-state index in [-0.39, 0.29) is 22.7 Å². The smallest absolute Gasteiger partial charge is 0.414 e. The SMILES string of the molecule is CC(=O)OC1C(CO)OC(n2cc3c(NC(=O)OCOC(=O)C(C)C)cc(=O)nc4c3c2N=CN4)C1(C)O. The molecule has 0 aliphatic carbocycles. The van der Waals surface area contributed by atoms with Crippen molar-refractivity contribution in [2.75, 3.05) is 24.0 Å². The summed E-state index contributed by atoms with van der Waals surface area (Å²) in [7, 11) is 0. The third kappa shape index (κ3) is 5.03. The highest BCUT2D eigenvalue weighted by Gasteiger charge is 2.56. The average Bonchev–Trinajstić information content (AvgIpc) is 3.28. The van der Waals surface area contributed by atoms with Crippen LogP contribution in [0.5, 0.6) is 0 Å². The van der Waals surface area contributed by atoms with Crippen LogP contribution in [0.2, 0.25) is 0 Å². The third-order valence-electron chi connectivity index (χ3n) is 5.95. The molecule has 0 aromatic carbocycles. The first-order valence-corrected chi connectivity index (χ1v) is 11.6. The minimum atomic E-state index is -1.82. The fraction of sp³-hybridized carbons (Fsp3) is 0.478. The molecule has 4 rings (SSSR count). The standard InChI is InChI=1S/C23H27N5O10/c1-10(2)20(32)35-9-36-22(33)26-13-5-15(31)27-18-16-12(13)6-28(19(16)25-8-24-18)21-23(4,34)17(37-11(3)30)14(7-29)38-21/h5-6,8,10,14,17,21,29,34H,7,9H2,1-4H3,(H,26,33)(H,24,25,27,31). The van der Waals surface area contributed by atoms with Crippen LogP contribution in [0.3, 0.4) is 0 Å². The molecule has 4 unspecified atom stereocenters. The van der Waals surface area contributed by atoms with E-state index in [1.54, 1.807) is 13.8 Å². The Labute approximate surface area is 215 Å².